The second-order valence-electron chi connectivity index (χ2n) is 4.55. The van der Waals surface area contributed by atoms with Crippen molar-refractivity contribution in [2.24, 2.45) is 5.73 Å². The number of hydrogen-bond donors (Lipinski definition) is 1. The normalized spacial score (nSPS) is 18.1. The van der Waals surface area contributed by atoms with Crippen LogP contribution in [-0.2, 0) is 0 Å². The molecule has 1 aliphatic rings. The van der Waals surface area contributed by atoms with Crippen molar-refractivity contribution in [3.8, 4) is 0 Å². The lowest BCUT2D eigenvalue weighted by Crippen LogP contribution is -2.17. The SMILES string of the molecule is Cc1nnc(N2CC(CCN)c3ccccc32)s1. The summed E-state index contributed by atoms with van der Waals surface area (Å²) in [4.78, 5) is 2.26. The predicted molar refractivity (Wildman–Crippen MR) is 74.5 cm³/mol. The van der Waals surface area contributed by atoms with Crippen LogP contribution in [-0.4, -0.2) is 23.3 Å². The highest BCUT2D eigenvalue weighted by Crippen LogP contribution is 2.42. The minimum absolute atomic E-state index is 0.510. The molecular formula is C13H16N4S. The zero-order valence-electron chi connectivity index (χ0n) is 10.3. The highest BCUT2D eigenvalue weighted by Gasteiger charge is 2.30. The maximum absolute atomic E-state index is 5.71. The van der Waals surface area contributed by atoms with Gasteiger partial charge in [-0.3, -0.25) is 0 Å². The van der Waals surface area contributed by atoms with Crippen LogP contribution in [0.25, 0.3) is 0 Å². The van der Waals surface area contributed by atoms with E-state index in [0.717, 1.165) is 29.6 Å². The fourth-order valence-corrected chi connectivity index (χ4v) is 3.23. The van der Waals surface area contributed by atoms with E-state index in [0.29, 0.717) is 5.92 Å². The van der Waals surface area contributed by atoms with Crippen LogP contribution >= 0.6 is 11.3 Å². The van der Waals surface area contributed by atoms with E-state index in [2.05, 4.69) is 39.4 Å². The van der Waals surface area contributed by atoms with Crippen molar-refractivity contribution in [3.05, 3.63) is 34.8 Å². The third-order valence-corrected chi connectivity index (χ3v) is 4.19. The lowest BCUT2D eigenvalue weighted by molar-refractivity contribution is 0.667. The predicted octanol–water partition coefficient (Wildman–Crippen LogP) is 2.43. The van der Waals surface area contributed by atoms with E-state index >= 15 is 0 Å². The van der Waals surface area contributed by atoms with Gasteiger partial charge in [-0.25, -0.2) is 0 Å². The molecule has 2 heterocycles. The first-order valence-corrected chi connectivity index (χ1v) is 6.98. The Labute approximate surface area is 110 Å². The molecule has 18 heavy (non-hydrogen) atoms. The fourth-order valence-electron chi connectivity index (χ4n) is 2.52. The number of rotatable bonds is 3. The van der Waals surface area contributed by atoms with Crippen molar-refractivity contribution in [1.82, 2.24) is 10.2 Å². The van der Waals surface area contributed by atoms with E-state index < -0.39 is 0 Å². The maximum Gasteiger partial charge on any atom is 0.212 e. The van der Waals surface area contributed by atoms with Crippen LogP contribution in [0.4, 0.5) is 10.8 Å². The van der Waals surface area contributed by atoms with Crippen LogP contribution in [0.5, 0.6) is 0 Å². The molecule has 2 aromatic rings. The Morgan fingerprint density at radius 1 is 1.39 bits per heavy atom. The first-order chi connectivity index (χ1) is 8.79. The van der Waals surface area contributed by atoms with E-state index in [1.165, 1.54) is 11.3 Å². The molecule has 0 spiro atoms. The summed E-state index contributed by atoms with van der Waals surface area (Å²) in [7, 11) is 0. The van der Waals surface area contributed by atoms with Crippen molar-refractivity contribution in [2.75, 3.05) is 18.0 Å². The van der Waals surface area contributed by atoms with Crippen molar-refractivity contribution in [1.29, 1.82) is 0 Å². The van der Waals surface area contributed by atoms with Crippen molar-refractivity contribution >= 4 is 22.2 Å². The Hall–Kier alpha value is -1.46. The molecule has 1 aliphatic heterocycles. The average Bonchev–Trinajstić information content (AvgIpc) is 2.95. The molecule has 1 aromatic heterocycles. The van der Waals surface area contributed by atoms with Crippen molar-refractivity contribution < 1.29 is 0 Å². The Kier molecular flexibility index (Phi) is 3.01. The molecule has 1 aromatic carbocycles. The van der Waals surface area contributed by atoms with Crippen molar-refractivity contribution in [3.63, 3.8) is 0 Å². The lowest BCUT2D eigenvalue weighted by atomic mass is 9.98. The number of aryl methyl sites for hydroxylation is 1. The summed E-state index contributed by atoms with van der Waals surface area (Å²) in [6.07, 6.45) is 1.02. The Balaban J connectivity index is 1.99. The standard InChI is InChI=1S/C13H16N4S/c1-9-15-16-13(18-9)17-8-10(6-7-14)11-4-2-3-5-12(11)17/h2-5,10H,6-8,14H2,1H3. The molecule has 4 nitrogen and oxygen atoms in total. The van der Waals surface area contributed by atoms with E-state index in [9.17, 15) is 0 Å². The molecule has 0 radical (unpaired) electrons. The summed E-state index contributed by atoms with van der Waals surface area (Å²) in [5, 5.41) is 10.4. The van der Waals surface area contributed by atoms with E-state index in [1.54, 1.807) is 11.3 Å². The van der Waals surface area contributed by atoms with Crippen LogP contribution in [0.3, 0.4) is 0 Å². The minimum Gasteiger partial charge on any atom is -0.330 e. The first kappa shape index (κ1) is 11.6. The topological polar surface area (TPSA) is 55.0 Å². The van der Waals surface area contributed by atoms with Crippen LogP contribution in [0, 0.1) is 6.92 Å². The quantitative estimate of drug-likeness (QED) is 0.921. The first-order valence-electron chi connectivity index (χ1n) is 6.16. The largest absolute Gasteiger partial charge is 0.330 e. The monoisotopic (exact) mass is 260 g/mol. The molecule has 1 atom stereocenters. The van der Waals surface area contributed by atoms with Crippen LogP contribution < -0.4 is 10.6 Å². The van der Waals surface area contributed by atoms with Gasteiger partial charge in [-0.2, -0.15) is 0 Å². The molecule has 3 rings (SSSR count). The fraction of sp³-hybridized carbons (Fsp3) is 0.385. The van der Waals surface area contributed by atoms with Gasteiger partial charge in [-0.1, -0.05) is 29.5 Å². The molecule has 0 saturated heterocycles. The summed E-state index contributed by atoms with van der Waals surface area (Å²) in [6.45, 7) is 3.67. The van der Waals surface area contributed by atoms with Crippen LogP contribution in [0.1, 0.15) is 22.9 Å². The summed E-state index contributed by atoms with van der Waals surface area (Å²) in [5.74, 6) is 0.510. The molecule has 0 bridgehead atoms. The number of aromatic nitrogens is 2. The van der Waals surface area contributed by atoms with Gasteiger partial charge in [-0.05, 0) is 31.5 Å². The third kappa shape index (κ3) is 1.89. The lowest BCUT2D eigenvalue weighted by Gasteiger charge is -2.15. The van der Waals surface area contributed by atoms with E-state index in [4.69, 9.17) is 5.73 Å². The van der Waals surface area contributed by atoms with Gasteiger partial charge in [0.1, 0.15) is 5.01 Å². The number of fused-ring (bicyclic) bond motifs is 1. The van der Waals surface area contributed by atoms with E-state index in [-0.39, 0.29) is 0 Å². The molecule has 2 N–H and O–H groups in total. The highest BCUT2D eigenvalue weighted by molar-refractivity contribution is 7.15. The van der Waals surface area contributed by atoms with Gasteiger partial charge in [0.15, 0.2) is 0 Å². The number of hydrogen-bond acceptors (Lipinski definition) is 5. The van der Waals surface area contributed by atoms with Crippen molar-refractivity contribution in [2.45, 2.75) is 19.3 Å². The Morgan fingerprint density at radius 2 is 2.22 bits per heavy atom. The van der Waals surface area contributed by atoms with E-state index in [1.807, 2.05) is 6.92 Å². The highest BCUT2D eigenvalue weighted by atomic mass is 32.1. The summed E-state index contributed by atoms with van der Waals surface area (Å²) < 4.78 is 0. The summed E-state index contributed by atoms with van der Waals surface area (Å²) in [6, 6.07) is 8.52. The van der Waals surface area contributed by atoms with Gasteiger partial charge in [-0.15, -0.1) is 10.2 Å². The Bertz CT molecular complexity index is 551. The molecule has 1 unspecified atom stereocenters. The van der Waals surface area contributed by atoms with Gasteiger partial charge in [0.05, 0.1) is 0 Å². The third-order valence-electron chi connectivity index (χ3n) is 3.33. The number of nitrogens with zero attached hydrogens (tertiary/aromatic N) is 3. The van der Waals surface area contributed by atoms with Gasteiger partial charge >= 0.3 is 0 Å². The molecule has 94 valence electrons. The minimum atomic E-state index is 0.510. The zero-order chi connectivity index (χ0) is 12.5. The van der Waals surface area contributed by atoms with Gasteiger partial charge in [0, 0.05) is 18.2 Å². The molecule has 0 saturated carbocycles. The van der Waals surface area contributed by atoms with Gasteiger partial charge < -0.3 is 10.6 Å². The number of nitrogens with two attached hydrogens (primary N) is 1. The molecule has 5 heteroatoms. The number of anilines is 2. The molecule has 0 fully saturated rings. The maximum atomic E-state index is 5.71. The number of benzene rings is 1. The average molecular weight is 260 g/mol. The molecular weight excluding hydrogens is 244 g/mol. The van der Waals surface area contributed by atoms with Gasteiger partial charge in [0.2, 0.25) is 5.13 Å². The van der Waals surface area contributed by atoms with Gasteiger partial charge in [0.25, 0.3) is 0 Å². The Morgan fingerprint density at radius 3 is 2.94 bits per heavy atom. The second kappa shape index (κ2) is 4.66. The second-order valence-corrected chi connectivity index (χ2v) is 5.71. The number of para-hydroxylation sites is 1. The zero-order valence-corrected chi connectivity index (χ0v) is 11.2. The smallest absolute Gasteiger partial charge is 0.212 e. The van der Waals surface area contributed by atoms with Crippen LogP contribution in [0.15, 0.2) is 24.3 Å². The van der Waals surface area contributed by atoms with Crippen LogP contribution in [0.2, 0.25) is 0 Å². The summed E-state index contributed by atoms with van der Waals surface area (Å²) in [5.41, 5.74) is 8.35. The molecule has 0 amide bonds. The summed E-state index contributed by atoms with van der Waals surface area (Å²) >= 11 is 1.64. The molecule has 0 aliphatic carbocycles.